The molecule has 1 aromatic carbocycles. The van der Waals surface area contributed by atoms with Gasteiger partial charge in [0.25, 0.3) is 0 Å². The third-order valence-electron chi connectivity index (χ3n) is 2.86. The summed E-state index contributed by atoms with van der Waals surface area (Å²) in [4.78, 5) is 4.06. The highest BCUT2D eigenvalue weighted by atomic mass is 16.5. The Morgan fingerprint density at radius 2 is 1.41 bits per heavy atom. The number of benzene rings is 1. The number of nitrogens with zero attached hydrogens (tertiary/aromatic N) is 3. The zero-order chi connectivity index (χ0) is 15.9. The second-order valence-electron chi connectivity index (χ2n) is 4.14. The van der Waals surface area contributed by atoms with Gasteiger partial charge in [0.1, 0.15) is 5.69 Å². The first-order chi connectivity index (χ1) is 10.7. The number of azo groups is 1. The van der Waals surface area contributed by atoms with E-state index in [4.69, 9.17) is 18.9 Å². The molecule has 7 nitrogen and oxygen atoms in total. The van der Waals surface area contributed by atoms with E-state index in [2.05, 4.69) is 15.2 Å². The van der Waals surface area contributed by atoms with E-state index in [-0.39, 0.29) is 0 Å². The fourth-order valence-corrected chi connectivity index (χ4v) is 1.79. The Kier molecular flexibility index (Phi) is 5.13. The van der Waals surface area contributed by atoms with Crippen molar-refractivity contribution in [2.75, 3.05) is 28.4 Å². The van der Waals surface area contributed by atoms with Crippen LogP contribution in [0.15, 0.2) is 40.7 Å². The number of pyridine rings is 1. The second kappa shape index (κ2) is 7.26. The van der Waals surface area contributed by atoms with E-state index < -0.39 is 0 Å². The summed E-state index contributed by atoms with van der Waals surface area (Å²) in [5, 5.41) is 8.27. The van der Waals surface area contributed by atoms with Crippen LogP contribution in [0.1, 0.15) is 0 Å². The van der Waals surface area contributed by atoms with Crippen molar-refractivity contribution in [2.24, 2.45) is 10.2 Å². The van der Waals surface area contributed by atoms with Crippen molar-refractivity contribution in [2.45, 2.75) is 0 Å². The maximum Gasteiger partial charge on any atom is 0.213 e. The first kappa shape index (κ1) is 15.6. The Balaban J connectivity index is 2.29. The van der Waals surface area contributed by atoms with Crippen molar-refractivity contribution >= 4 is 11.4 Å². The molecule has 0 bridgehead atoms. The van der Waals surface area contributed by atoms with E-state index in [0.29, 0.717) is 34.5 Å². The molecule has 0 saturated heterocycles. The molecule has 0 atom stereocenters. The summed E-state index contributed by atoms with van der Waals surface area (Å²) in [6.45, 7) is 0. The van der Waals surface area contributed by atoms with Gasteiger partial charge in [-0.2, -0.15) is 5.11 Å². The quantitative estimate of drug-likeness (QED) is 0.763. The summed E-state index contributed by atoms with van der Waals surface area (Å²) in [6, 6.07) is 6.89. The molecular weight excluding hydrogens is 286 g/mol. The zero-order valence-corrected chi connectivity index (χ0v) is 12.9. The molecule has 7 heteroatoms. The molecule has 1 heterocycles. The van der Waals surface area contributed by atoms with Crippen molar-refractivity contribution in [1.29, 1.82) is 0 Å². The number of ether oxygens (including phenoxy) is 4. The summed E-state index contributed by atoms with van der Waals surface area (Å²) in [5.41, 5.74) is 1.18. The standard InChI is InChI=1S/C15H17N3O4/c1-19-12-7-11(8-13(20-2)15(12)22-4)18-17-10-5-6-14(21-3)16-9-10/h5-9H,1-4H3/b18-17+. The van der Waals surface area contributed by atoms with E-state index in [0.717, 1.165) is 0 Å². The Bertz CT molecular complexity index is 631. The normalized spacial score (nSPS) is 10.5. The largest absolute Gasteiger partial charge is 0.493 e. The maximum atomic E-state index is 5.27. The lowest BCUT2D eigenvalue weighted by Gasteiger charge is -2.12. The lowest BCUT2D eigenvalue weighted by atomic mass is 10.2. The van der Waals surface area contributed by atoms with Gasteiger partial charge in [-0.25, -0.2) is 4.98 Å². The van der Waals surface area contributed by atoms with Crippen LogP contribution in [-0.4, -0.2) is 33.4 Å². The van der Waals surface area contributed by atoms with Crippen LogP contribution in [0.5, 0.6) is 23.1 Å². The molecule has 0 N–H and O–H groups in total. The summed E-state index contributed by atoms with van der Waals surface area (Å²) >= 11 is 0. The zero-order valence-electron chi connectivity index (χ0n) is 12.9. The monoisotopic (exact) mass is 303 g/mol. The molecule has 0 saturated carbocycles. The van der Waals surface area contributed by atoms with Crippen LogP contribution in [0, 0.1) is 0 Å². The molecule has 2 rings (SSSR count). The minimum absolute atomic E-state index is 0.509. The molecule has 2 aromatic rings. The molecule has 0 amide bonds. The molecule has 0 radical (unpaired) electrons. The fourth-order valence-electron chi connectivity index (χ4n) is 1.79. The highest BCUT2D eigenvalue weighted by molar-refractivity contribution is 5.60. The first-order valence-corrected chi connectivity index (χ1v) is 6.43. The topological polar surface area (TPSA) is 74.5 Å². The second-order valence-corrected chi connectivity index (χ2v) is 4.14. The van der Waals surface area contributed by atoms with Crippen molar-refractivity contribution in [3.05, 3.63) is 30.5 Å². The predicted octanol–water partition coefficient (Wildman–Crippen LogP) is 3.53. The Morgan fingerprint density at radius 1 is 0.773 bits per heavy atom. The van der Waals surface area contributed by atoms with Gasteiger partial charge in [0.2, 0.25) is 11.6 Å². The minimum atomic E-state index is 0.509. The Hall–Kier alpha value is -2.83. The fraction of sp³-hybridized carbons (Fsp3) is 0.267. The van der Waals surface area contributed by atoms with Crippen LogP contribution in [0.25, 0.3) is 0 Å². The lowest BCUT2D eigenvalue weighted by Crippen LogP contribution is -1.94. The van der Waals surface area contributed by atoms with Gasteiger partial charge in [0.05, 0.1) is 40.3 Å². The van der Waals surface area contributed by atoms with Crippen LogP contribution in [0.4, 0.5) is 11.4 Å². The molecule has 0 aliphatic carbocycles. The summed E-state index contributed by atoms with van der Waals surface area (Å²) in [5.74, 6) is 2.06. The van der Waals surface area contributed by atoms with Gasteiger partial charge in [-0.15, -0.1) is 5.11 Å². The average molecular weight is 303 g/mol. The highest BCUT2D eigenvalue weighted by Gasteiger charge is 2.12. The number of hydrogen-bond acceptors (Lipinski definition) is 7. The van der Waals surface area contributed by atoms with Crippen LogP contribution in [0.3, 0.4) is 0 Å². The summed E-state index contributed by atoms with van der Waals surface area (Å²) in [6.07, 6.45) is 1.57. The molecule has 116 valence electrons. The first-order valence-electron chi connectivity index (χ1n) is 6.43. The minimum Gasteiger partial charge on any atom is -0.493 e. The number of rotatable bonds is 6. The Labute approximate surface area is 128 Å². The van der Waals surface area contributed by atoms with E-state index >= 15 is 0 Å². The highest BCUT2D eigenvalue weighted by Crippen LogP contribution is 2.41. The number of aromatic nitrogens is 1. The molecule has 1 aromatic heterocycles. The average Bonchev–Trinajstić information content (AvgIpc) is 2.59. The van der Waals surface area contributed by atoms with Gasteiger partial charge in [-0.1, -0.05) is 0 Å². The third-order valence-corrected chi connectivity index (χ3v) is 2.86. The molecule has 0 unspecified atom stereocenters. The van der Waals surface area contributed by atoms with Crippen LogP contribution in [-0.2, 0) is 0 Å². The van der Waals surface area contributed by atoms with Crippen LogP contribution < -0.4 is 18.9 Å². The van der Waals surface area contributed by atoms with E-state index in [9.17, 15) is 0 Å². The van der Waals surface area contributed by atoms with Gasteiger partial charge < -0.3 is 18.9 Å². The molecule has 22 heavy (non-hydrogen) atoms. The molecule has 0 spiro atoms. The smallest absolute Gasteiger partial charge is 0.213 e. The van der Waals surface area contributed by atoms with Crippen molar-refractivity contribution in [1.82, 2.24) is 4.98 Å². The summed E-state index contributed by atoms with van der Waals surface area (Å²) in [7, 11) is 6.20. The molecular formula is C15H17N3O4. The van der Waals surface area contributed by atoms with Gasteiger partial charge in [0, 0.05) is 18.2 Å². The maximum absolute atomic E-state index is 5.27. The SMILES string of the molecule is COc1ccc(/N=N/c2cc(OC)c(OC)c(OC)c2)cn1. The van der Waals surface area contributed by atoms with Crippen molar-refractivity contribution in [3.8, 4) is 23.1 Å². The van der Waals surface area contributed by atoms with Gasteiger partial charge in [-0.05, 0) is 6.07 Å². The number of methoxy groups -OCH3 is 4. The molecule has 0 aliphatic rings. The van der Waals surface area contributed by atoms with Gasteiger partial charge in [-0.3, -0.25) is 0 Å². The number of hydrogen-bond donors (Lipinski definition) is 0. The van der Waals surface area contributed by atoms with Crippen LogP contribution >= 0.6 is 0 Å². The molecule has 0 fully saturated rings. The van der Waals surface area contributed by atoms with Crippen molar-refractivity contribution < 1.29 is 18.9 Å². The molecule has 0 aliphatic heterocycles. The van der Waals surface area contributed by atoms with E-state index in [1.807, 2.05) is 0 Å². The third kappa shape index (κ3) is 3.43. The summed E-state index contributed by atoms with van der Waals surface area (Å²) < 4.78 is 20.8. The van der Waals surface area contributed by atoms with E-state index in [1.54, 1.807) is 58.9 Å². The predicted molar refractivity (Wildman–Crippen MR) is 81.1 cm³/mol. The van der Waals surface area contributed by atoms with Gasteiger partial charge in [0.15, 0.2) is 11.5 Å². The van der Waals surface area contributed by atoms with Crippen molar-refractivity contribution in [3.63, 3.8) is 0 Å². The van der Waals surface area contributed by atoms with Gasteiger partial charge >= 0.3 is 0 Å². The van der Waals surface area contributed by atoms with Crippen LogP contribution in [0.2, 0.25) is 0 Å². The lowest BCUT2D eigenvalue weighted by molar-refractivity contribution is 0.324. The Morgan fingerprint density at radius 3 is 1.86 bits per heavy atom. The van der Waals surface area contributed by atoms with E-state index in [1.165, 1.54) is 0 Å².